The summed E-state index contributed by atoms with van der Waals surface area (Å²) in [6.45, 7) is 1.97. The SMILES string of the molecule is Cc1ccc2cc(C3N[C@@H](C(=O)O)CS3)ccc2n1. The first-order valence-electron chi connectivity index (χ1n) is 6.11. The maximum atomic E-state index is 10.9. The molecular formula is C14H14N2O2S. The fourth-order valence-corrected chi connectivity index (χ4v) is 3.44. The molecule has 0 radical (unpaired) electrons. The van der Waals surface area contributed by atoms with E-state index in [0.29, 0.717) is 5.75 Å². The van der Waals surface area contributed by atoms with Crippen LogP contribution in [0.25, 0.3) is 10.9 Å². The van der Waals surface area contributed by atoms with Crippen molar-refractivity contribution in [3.63, 3.8) is 0 Å². The van der Waals surface area contributed by atoms with Crippen LogP contribution in [0.5, 0.6) is 0 Å². The Bertz CT molecular complexity index is 644. The van der Waals surface area contributed by atoms with E-state index in [-0.39, 0.29) is 5.37 Å². The second kappa shape index (κ2) is 4.83. The van der Waals surface area contributed by atoms with E-state index in [1.807, 2.05) is 25.1 Å². The van der Waals surface area contributed by atoms with E-state index in [1.54, 1.807) is 11.8 Å². The molecule has 2 aromatic rings. The number of aliphatic carboxylic acids is 1. The van der Waals surface area contributed by atoms with Gasteiger partial charge in [0.2, 0.25) is 0 Å². The number of aromatic nitrogens is 1. The first-order valence-corrected chi connectivity index (χ1v) is 7.16. The second-order valence-electron chi connectivity index (χ2n) is 4.68. The Balaban J connectivity index is 1.90. The van der Waals surface area contributed by atoms with Crippen LogP contribution in [0, 0.1) is 6.92 Å². The lowest BCUT2D eigenvalue weighted by molar-refractivity contribution is -0.138. The van der Waals surface area contributed by atoms with Gasteiger partial charge in [-0.3, -0.25) is 15.1 Å². The summed E-state index contributed by atoms with van der Waals surface area (Å²) >= 11 is 1.63. The quantitative estimate of drug-likeness (QED) is 0.880. The molecule has 1 aromatic heterocycles. The zero-order valence-corrected chi connectivity index (χ0v) is 11.3. The number of hydrogen-bond donors (Lipinski definition) is 2. The summed E-state index contributed by atoms with van der Waals surface area (Å²) in [5.41, 5.74) is 3.08. The first kappa shape index (κ1) is 12.4. The van der Waals surface area contributed by atoms with Crippen molar-refractivity contribution in [3.8, 4) is 0 Å². The van der Waals surface area contributed by atoms with Gasteiger partial charge in [0.15, 0.2) is 0 Å². The number of carboxylic acid groups (broad SMARTS) is 1. The number of rotatable bonds is 2. The van der Waals surface area contributed by atoms with Crippen LogP contribution in [-0.4, -0.2) is 27.9 Å². The summed E-state index contributed by atoms with van der Waals surface area (Å²) in [6, 6.07) is 9.67. The van der Waals surface area contributed by atoms with E-state index in [4.69, 9.17) is 5.11 Å². The molecule has 0 amide bonds. The highest BCUT2D eigenvalue weighted by Gasteiger charge is 2.30. The lowest BCUT2D eigenvalue weighted by atomic mass is 10.1. The Hall–Kier alpha value is -1.59. The highest BCUT2D eigenvalue weighted by molar-refractivity contribution is 7.99. The smallest absolute Gasteiger partial charge is 0.321 e. The highest BCUT2D eigenvalue weighted by Crippen LogP contribution is 2.33. The van der Waals surface area contributed by atoms with Gasteiger partial charge in [0.05, 0.1) is 10.9 Å². The van der Waals surface area contributed by atoms with E-state index < -0.39 is 12.0 Å². The fraction of sp³-hybridized carbons (Fsp3) is 0.286. The molecule has 1 fully saturated rings. The molecule has 1 saturated heterocycles. The number of benzene rings is 1. The largest absolute Gasteiger partial charge is 0.480 e. The predicted octanol–water partition coefficient (Wildman–Crippen LogP) is 2.33. The van der Waals surface area contributed by atoms with Crippen LogP contribution < -0.4 is 5.32 Å². The number of nitrogens with zero attached hydrogens (tertiary/aromatic N) is 1. The molecule has 2 heterocycles. The normalized spacial score (nSPS) is 22.8. The zero-order valence-electron chi connectivity index (χ0n) is 10.5. The summed E-state index contributed by atoms with van der Waals surface area (Å²) in [4.78, 5) is 15.4. The standard InChI is InChI=1S/C14H14N2O2S/c1-8-2-3-9-6-10(4-5-11(9)15-8)13-16-12(7-19-13)14(17)18/h2-6,12-13,16H,7H2,1H3,(H,17,18)/t12-,13?/m1/s1. The number of nitrogens with one attached hydrogen (secondary N) is 1. The molecule has 1 aliphatic heterocycles. The minimum Gasteiger partial charge on any atom is -0.480 e. The molecule has 2 atom stereocenters. The summed E-state index contributed by atoms with van der Waals surface area (Å²) in [7, 11) is 0. The van der Waals surface area contributed by atoms with Gasteiger partial charge >= 0.3 is 5.97 Å². The molecule has 3 rings (SSSR count). The molecule has 0 saturated carbocycles. The van der Waals surface area contributed by atoms with E-state index in [1.165, 1.54) is 0 Å². The topological polar surface area (TPSA) is 62.2 Å². The van der Waals surface area contributed by atoms with Crippen molar-refractivity contribution in [2.24, 2.45) is 0 Å². The maximum Gasteiger partial charge on any atom is 0.321 e. The summed E-state index contributed by atoms with van der Waals surface area (Å²) in [5.74, 6) is -0.183. The number of pyridine rings is 1. The van der Waals surface area contributed by atoms with Gasteiger partial charge in [-0.2, -0.15) is 0 Å². The summed E-state index contributed by atoms with van der Waals surface area (Å²) < 4.78 is 0. The average Bonchev–Trinajstić information content (AvgIpc) is 2.88. The van der Waals surface area contributed by atoms with Crippen molar-refractivity contribution in [2.45, 2.75) is 18.3 Å². The van der Waals surface area contributed by atoms with Crippen molar-refractivity contribution >= 4 is 28.6 Å². The van der Waals surface area contributed by atoms with Gasteiger partial charge in [0.25, 0.3) is 0 Å². The van der Waals surface area contributed by atoms with Crippen LogP contribution in [0.1, 0.15) is 16.6 Å². The molecule has 0 spiro atoms. The van der Waals surface area contributed by atoms with Crippen molar-refractivity contribution in [1.82, 2.24) is 10.3 Å². The fourth-order valence-electron chi connectivity index (χ4n) is 2.22. The van der Waals surface area contributed by atoms with Crippen LogP contribution in [0.3, 0.4) is 0 Å². The Kier molecular flexibility index (Phi) is 3.16. The highest BCUT2D eigenvalue weighted by atomic mass is 32.2. The van der Waals surface area contributed by atoms with Gasteiger partial charge in [-0.1, -0.05) is 12.1 Å². The second-order valence-corrected chi connectivity index (χ2v) is 5.81. The third-order valence-electron chi connectivity index (χ3n) is 3.24. The molecule has 2 N–H and O–H groups in total. The van der Waals surface area contributed by atoms with Gasteiger partial charge < -0.3 is 5.11 Å². The zero-order chi connectivity index (χ0) is 13.4. The number of fused-ring (bicyclic) bond motifs is 1. The molecule has 4 nitrogen and oxygen atoms in total. The van der Waals surface area contributed by atoms with Crippen LogP contribution in [0.2, 0.25) is 0 Å². The van der Waals surface area contributed by atoms with Crippen molar-refractivity contribution < 1.29 is 9.90 Å². The summed E-state index contributed by atoms with van der Waals surface area (Å²) in [5, 5.41) is 13.3. The monoisotopic (exact) mass is 274 g/mol. The van der Waals surface area contributed by atoms with Gasteiger partial charge in [0.1, 0.15) is 6.04 Å². The number of carboxylic acids is 1. The molecule has 0 bridgehead atoms. The maximum absolute atomic E-state index is 10.9. The number of carbonyl (C=O) groups is 1. The van der Waals surface area contributed by atoms with Crippen LogP contribution in [0.15, 0.2) is 30.3 Å². The van der Waals surface area contributed by atoms with E-state index >= 15 is 0 Å². The van der Waals surface area contributed by atoms with Crippen molar-refractivity contribution in [3.05, 3.63) is 41.6 Å². The van der Waals surface area contributed by atoms with Crippen LogP contribution >= 0.6 is 11.8 Å². The van der Waals surface area contributed by atoms with Crippen molar-refractivity contribution in [2.75, 3.05) is 5.75 Å². The van der Waals surface area contributed by atoms with Gasteiger partial charge in [-0.05, 0) is 30.7 Å². The average molecular weight is 274 g/mol. The lowest BCUT2D eigenvalue weighted by Gasteiger charge is -2.12. The Morgan fingerprint density at radius 2 is 2.26 bits per heavy atom. The van der Waals surface area contributed by atoms with E-state index in [2.05, 4.69) is 22.4 Å². The van der Waals surface area contributed by atoms with E-state index in [9.17, 15) is 4.79 Å². The third-order valence-corrected chi connectivity index (χ3v) is 4.50. The molecule has 5 heteroatoms. The number of aryl methyl sites for hydroxylation is 1. The first-order chi connectivity index (χ1) is 9.13. The summed E-state index contributed by atoms with van der Waals surface area (Å²) in [6.07, 6.45) is 0. The van der Waals surface area contributed by atoms with Gasteiger partial charge in [-0.25, -0.2) is 0 Å². The van der Waals surface area contributed by atoms with Gasteiger partial charge in [0, 0.05) is 16.8 Å². The molecular weight excluding hydrogens is 260 g/mol. The predicted molar refractivity (Wildman–Crippen MR) is 76.2 cm³/mol. The molecule has 0 aliphatic carbocycles. The Morgan fingerprint density at radius 1 is 1.42 bits per heavy atom. The molecule has 1 aromatic carbocycles. The minimum absolute atomic E-state index is 0.0480. The number of thioether (sulfide) groups is 1. The van der Waals surface area contributed by atoms with Crippen LogP contribution in [0.4, 0.5) is 0 Å². The number of hydrogen-bond acceptors (Lipinski definition) is 4. The van der Waals surface area contributed by atoms with Crippen molar-refractivity contribution in [1.29, 1.82) is 0 Å². The van der Waals surface area contributed by atoms with E-state index in [0.717, 1.165) is 22.2 Å². The minimum atomic E-state index is -0.784. The molecule has 98 valence electrons. The van der Waals surface area contributed by atoms with Crippen LogP contribution in [-0.2, 0) is 4.79 Å². The molecule has 1 unspecified atom stereocenters. The Morgan fingerprint density at radius 3 is 3.00 bits per heavy atom. The Labute approximate surface area is 115 Å². The molecule has 19 heavy (non-hydrogen) atoms. The molecule has 1 aliphatic rings. The third kappa shape index (κ3) is 2.43. The van der Waals surface area contributed by atoms with Gasteiger partial charge in [-0.15, -0.1) is 11.8 Å². The lowest BCUT2D eigenvalue weighted by Crippen LogP contribution is -2.33.